The van der Waals surface area contributed by atoms with E-state index in [0.717, 1.165) is 25.4 Å². The molecule has 1 N–H and O–H groups in total. The Morgan fingerprint density at radius 3 is 2.15 bits per heavy atom. The maximum absolute atomic E-state index is 9.40. The Balaban J connectivity index is 2.44. The lowest BCUT2D eigenvalue weighted by Crippen LogP contribution is -2.38. The monoisotopic (exact) mass is 185 g/mol. The Hall–Kier alpha value is -0.0800. The van der Waals surface area contributed by atoms with E-state index in [9.17, 15) is 5.11 Å². The fraction of sp³-hybridized carbons (Fsp3) is 1.00. The van der Waals surface area contributed by atoms with Crippen molar-refractivity contribution in [3.63, 3.8) is 0 Å². The van der Waals surface area contributed by atoms with Crippen LogP contribution in [0.3, 0.4) is 0 Å². The second-order valence-corrected chi connectivity index (χ2v) is 4.51. The molecule has 0 amide bonds. The van der Waals surface area contributed by atoms with Gasteiger partial charge in [-0.3, -0.25) is 0 Å². The van der Waals surface area contributed by atoms with Crippen LogP contribution in [0.5, 0.6) is 0 Å². The molecule has 0 bridgehead atoms. The van der Waals surface area contributed by atoms with Crippen LogP contribution in [0.4, 0.5) is 0 Å². The van der Waals surface area contributed by atoms with Crippen molar-refractivity contribution in [1.82, 2.24) is 4.90 Å². The van der Waals surface area contributed by atoms with E-state index >= 15 is 0 Å². The minimum Gasteiger partial charge on any atom is -0.396 e. The van der Waals surface area contributed by atoms with E-state index in [1.165, 1.54) is 12.8 Å². The summed E-state index contributed by atoms with van der Waals surface area (Å²) in [6.45, 7) is 5.75. The molecule has 0 aromatic heterocycles. The summed E-state index contributed by atoms with van der Waals surface area (Å²) in [5.41, 5.74) is 0.150. The Bertz CT molecular complexity index is 142. The lowest BCUT2D eigenvalue weighted by molar-refractivity contribution is 0.0729. The quantitative estimate of drug-likeness (QED) is 0.683. The lowest BCUT2D eigenvalue weighted by Gasteiger charge is -2.34. The van der Waals surface area contributed by atoms with Gasteiger partial charge in [-0.1, -0.05) is 13.8 Å². The molecule has 0 spiro atoms. The van der Waals surface area contributed by atoms with Gasteiger partial charge in [0, 0.05) is 24.6 Å². The smallest absolute Gasteiger partial charge is 0.0499 e. The van der Waals surface area contributed by atoms with E-state index in [0.29, 0.717) is 6.61 Å². The molecule has 0 saturated heterocycles. The molecule has 0 heterocycles. The van der Waals surface area contributed by atoms with Crippen LogP contribution in [0.1, 0.15) is 39.5 Å². The first-order valence-corrected chi connectivity index (χ1v) is 5.48. The molecule has 1 rings (SSSR count). The minimum atomic E-state index is 0.150. The molecule has 2 heteroatoms. The molecule has 78 valence electrons. The Labute approximate surface area is 81.9 Å². The average Bonchev–Trinajstić information content (AvgIpc) is 2.97. The van der Waals surface area contributed by atoms with E-state index in [2.05, 4.69) is 25.8 Å². The van der Waals surface area contributed by atoms with Gasteiger partial charge in [0.2, 0.25) is 0 Å². The molecular formula is C11H23NO. The Morgan fingerprint density at radius 2 is 1.85 bits per heavy atom. The lowest BCUT2D eigenvalue weighted by atomic mass is 9.83. The SMILES string of the molecule is CCC(CC)(CO)CN(C)C1CC1. The number of rotatable bonds is 6. The van der Waals surface area contributed by atoms with Gasteiger partial charge in [0.15, 0.2) is 0 Å². The highest BCUT2D eigenvalue weighted by Gasteiger charge is 2.33. The summed E-state index contributed by atoms with van der Waals surface area (Å²) in [6.07, 6.45) is 4.87. The second-order valence-electron chi connectivity index (χ2n) is 4.51. The highest BCUT2D eigenvalue weighted by atomic mass is 16.3. The summed E-state index contributed by atoms with van der Waals surface area (Å²) in [5, 5.41) is 9.40. The number of hydrogen-bond donors (Lipinski definition) is 1. The van der Waals surface area contributed by atoms with Crippen molar-refractivity contribution >= 4 is 0 Å². The first-order chi connectivity index (χ1) is 6.17. The molecule has 0 atom stereocenters. The van der Waals surface area contributed by atoms with Crippen LogP contribution >= 0.6 is 0 Å². The molecule has 1 fully saturated rings. The van der Waals surface area contributed by atoms with E-state index in [4.69, 9.17) is 0 Å². The first-order valence-electron chi connectivity index (χ1n) is 5.48. The van der Waals surface area contributed by atoms with Gasteiger partial charge in [0.25, 0.3) is 0 Å². The van der Waals surface area contributed by atoms with Crippen molar-refractivity contribution in [1.29, 1.82) is 0 Å². The number of hydrogen-bond acceptors (Lipinski definition) is 2. The van der Waals surface area contributed by atoms with E-state index in [1.54, 1.807) is 0 Å². The predicted molar refractivity (Wildman–Crippen MR) is 55.8 cm³/mol. The van der Waals surface area contributed by atoms with Crippen LogP contribution < -0.4 is 0 Å². The van der Waals surface area contributed by atoms with Crippen LogP contribution in [-0.2, 0) is 0 Å². The maximum atomic E-state index is 9.40. The third-order valence-corrected chi connectivity index (χ3v) is 3.59. The molecule has 2 nitrogen and oxygen atoms in total. The van der Waals surface area contributed by atoms with Gasteiger partial charge in [0.05, 0.1) is 0 Å². The molecule has 13 heavy (non-hydrogen) atoms. The summed E-state index contributed by atoms with van der Waals surface area (Å²) in [6, 6.07) is 0.809. The van der Waals surface area contributed by atoms with Gasteiger partial charge in [-0.05, 0) is 32.7 Å². The van der Waals surface area contributed by atoms with Crippen LogP contribution in [0.25, 0.3) is 0 Å². The normalized spacial score (nSPS) is 18.2. The second kappa shape index (κ2) is 4.43. The number of aliphatic hydroxyl groups is 1. The molecule has 0 unspecified atom stereocenters. The summed E-state index contributed by atoms with van der Waals surface area (Å²) in [4.78, 5) is 2.42. The zero-order valence-electron chi connectivity index (χ0n) is 9.21. The Kier molecular flexibility index (Phi) is 3.74. The maximum Gasteiger partial charge on any atom is 0.0499 e. The standard InChI is InChI=1S/C11H23NO/c1-4-11(5-2,9-13)8-12(3)10-6-7-10/h10,13H,4-9H2,1-3H3. The highest BCUT2D eigenvalue weighted by molar-refractivity contribution is 4.87. The zero-order chi connectivity index (χ0) is 9.90. The largest absolute Gasteiger partial charge is 0.396 e. The van der Waals surface area contributed by atoms with Crippen LogP contribution in [0.15, 0.2) is 0 Å². The van der Waals surface area contributed by atoms with Crippen molar-refractivity contribution in [3.8, 4) is 0 Å². The third-order valence-electron chi connectivity index (χ3n) is 3.59. The molecule has 0 aromatic carbocycles. The minimum absolute atomic E-state index is 0.150. The molecule has 1 aliphatic rings. The highest BCUT2D eigenvalue weighted by Crippen LogP contribution is 2.32. The van der Waals surface area contributed by atoms with E-state index < -0.39 is 0 Å². The van der Waals surface area contributed by atoms with Crippen LogP contribution in [0, 0.1) is 5.41 Å². The molecule has 1 aliphatic carbocycles. The van der Waals surface area contributed by atoms with Crippen molar-refractivity contribution in [2.45, 2.75) is 45.6 Å². The predicted octanol–water partition coefficient (Wildman–Crippen LogP) is 1.88. The van der Waals surface area contributed by atoms with Gasteiger partial charge in [0.1, 0.15) is 0 Å². The molecule has 0 aromatic rings. The molecule has 0 radical (unpaired) electrons. The van der Waals surface area contributed by atoms with Gasteiger partial charge in [-0.2, -0.15) is 0 Å². The fourth-order valence-corrected chi connectivity index (χ4v) is 1.92. The molecule has 0 aliphatic heterocycles. The molecular weight excluding hydrogens is 162 g/mol. The van der Waals surface area contributed by atoms with Crippen molar-refractivity contribution in [2.75, 3.05) is 20.2 Å². The fourth-order valence-electron chi connectivity index (χ4n) is 1.92. The van der Waals surface area contributed by atoms with Gasteiger partial charge >= 0.3 is 0 Å². The molecule has 1 saturated carbocycles. The zero-order valence-corrected chi connectivity index (χ0v) is 9.21. The van der Waals surface area contributed by atoms with Crippen LogP contribution in [0.2, 0.25) is 0 Å². The van der Waals surface area contributed by atoms with Gasteiger partial charge in [-0.15, -0.1) is 0 Å². The summed E-state index contributed by atoms with van der Waals surface area (Å²) in [7, 11) is 2.19. The topological polar surface area (TPSA) is 23.5 Å². The first kappa shape index (κ1) is 11.0. The van der Waals surface area contributed by atoms with Crippen molar-refractivity contribution < 1.29 is 5.11 Å². The van der Waals surface area contributed by atoms with E-state index in [1.807, 2.05) is 0 Å². The summed E-state index contributed by atoms with van der Waals surface area (Å²) in [5.74, 6) is 0. The summed E-state index contributed by atoms with van der Waals surface area (Å²) < 4.78 is 0. The van der Waals surface area contributed by atoms with Crippen molar-refractivity contribution in [2.24, 2.45) is 5.41 Å². The Morgan fingerprint density at radius 1 is 1.31 bits per heavy atom. The van der Waals surface area contributed by atoms with Crippen LogP contribution in [-0.4, -0.2) is 36.2 Å². The average molecular weight is 185 g/mol. The van der Waals surface area contributed by atoms with E-state index in [-0.39, 0.29) is 5.41 Å². The van der Waals surface area contributed by atoms with Gasteiger partial charge in [-0.25, -0.2) is 0 Å². The number of nitrogens with zero attached hydrogens (tertiary/aromatic N) is 1. The van der Waals surface area contributed by atoms with Crippen molar-refractivity contribution in [3.05, 3.63) is 0 Å². The number of aliphatic hydroxyl groups excluding tert-OH is 1. The summed E-state index contributed by atoms with van der Waals surface area (Å²) >= 11 is 0. The third kappa shape index (κ3) is 2.68. The van der Waals surface area contributed by atoms with Gasteiger partial charge < -0.3 is 10.0 Å².